The first-order chi connectivity index (χ1) is 47.7. The van der Waals surface area contributed by atoms with Gasteiger partial charge in [-0.1, -0.05) is 90.4 Å². The zero-order valence-electron chi connectivity index (χ0n) is 58.9. The summed E-state index contributed by atoms with van der Waals surface area (Å²) < 4.78 is 0. The average Bonchev–Trinajstić information content (AvgIpc) is 0.848. The van der Waals surface area contributed by atoms with Crippen LogP contribution in [0.4, 0.5) is 0 Å². The normalized spacial score (nSPS) is 15.6. The van der Waals surface area contributed by atoms with Crippen LogP contribution in [0.25, 0.3) is 0 Å². The molecule has 0 fully saturated rings. The van der Waals surface area contributed by atoms with Gasteiger partial charge >= 0.3 is 17.9 Å². The molecular weight excluding hydrogens is 1360 g/mol. The van der Waals surface area contributed by atoms with Gasteiger partial charge in [-0.2, -0.15) is 11.8 Å². The van der Waals surface area contributed by atoms with Crippen LogP contribution in [0.3, 0.4) is 0 Å². The number of carboxylic acid groups (broad SMARTS) is 3. The second-order valence-corrected chi connectivity index (χ2v) is 26.5. The van der Waals surface area contributed by atoms with E-state index in [0.717, 1.165) is 6.92 Å². The molecule has 2 aromatic carbocycles. The van der Waals surface area contributed by atoms with E-state index < -0.39 is 217 Å². The van der Waals surface area contributed by atoms with Crippen LogP contribution in [0.15, 0.2) is 54.6 Å². The summed E-state index contributed by atoms with van der Waals surface area (Å²) in [4.78, 5) is 215. The third-order valence-corrected chi connectivity index (χ3v) is 16.5. The molecule has 0 aliphatic heterocycles. The number of thioether (sulfide) groups is 1. The highest BCUT2D eigenvalue weighted by atomic mass is 32.2. The van der Waals surface area contributed by atoms with Gasteiger partial charge in [0.1, 0.15) is 78.3 Å². The molecule has 0 spiro atoms. The quantitative estimate of drug-likeness (QED) is 0.0307. The topological polar surface area (TPSA) is 571 Å². The molecule has 35 nitrogen and oxygen atoms in total. The Hall–Kier alpha value is -9.97. The number of phenolic OH excluding ortho intramolecular Hbond substituents is 1. The Balaban J connectivity index is 2.48. The van der Waals surface area contributed by atoms with Crippen LogP contribution in [0.1, 0.15) is 125 Å². The summed E-state index contributed by atoms with van der Waals surface area (Å²) in [5.74, 6) is -20.0. The standard InChI is InChI=1S/C66H100N14O21S/c1-12-33(6)52(79-56(90)36(9)70-55(89)35(8)69-54(88)34(7)67)64(98)76-44(27-38-16-14-13-15-17-38)62(96)80-53(37(10)81)65(99)78-51(32(4)5)63(97)72-41(22-23-48(68)83)57(91)71-42(24-25-102-11)58(92)74-45(29-49(84)85)61(95)75-46(30-50(86)87)60(94)73-43(28-39-18-20-40(82)21-19-39)59(93)77-47(66(100)101)26-31(2)3/h13-21,31-37,41-47,51-53,81-82H,12,22-30,67H2,1-11H3,(H2,68,83)(H,69,88)(H,70,89)(H,71,91)(H,72,97)(H,73,94)(H,74,92)(H,75,95)(H,76,98)(H,77,93)(H,78,99)(H,79,90)(H,80,96)(H,84,85)(H,86,87)(H,100,101)/t33-,34-,35-,36-,37+,41-,42-,43-,44-,45-,46-,47-,51-,52-,53-/m0/s1. The van der Waals surface area contributed by atoms with Crippen LogP contribution in [-0.4, -0.2) is 217 Å². The highest BCUT2D eigenvalue weighted by molar-refractivity contribution is 7.98. The summed E-state index contributed by atoms with van der Waals surface area (Å²) in [6, 6.07) is -6.80. The second-order valence-electron chi connectivity index (χ2n) is 25.5. The number of aliphatic carboxylic acids is 3. The van der Waals surface area contributed by atoms with Crippen LogP contribution in [0, 0.1) is 17.8 Å². The van der Waals surface area contributed by atoms with Gasteiger partial charge in [-0.05, 0) is 100.0 Å². The van der Waals surface area contributed by atoms with E-state index in [4.69, 9.17) is 11.5 Å². The van der Waals surface area contributed by atoms with Gasteiger partial charge in [0, 0.05) is 19.3 Å². The molecule has 2 aromatic rings. The number of hydrogen-bond acceptors (Lipinski definition) is 20. The summed E-state index contributed by atoms with van der Waals surface area (Å²) in [6.07, 6.45) is -4.16. The first-order valence-electron chi connectivity index (χ1n) is 33.0. The van der Waals surface area contributed by atoms with Crippen LogP contribution in [0.2, 0.25) is 0 Å². The Morgan fingerprint density at radius 2 is 0.824 bits per heavy atom. The van der Waals surface area contributed by atoms with E-state index in [2.05, 4.69) is 63.8 Å². The molecule has 15 atom stereocenters. The minimum absolute atomic E-state index is 0.0452. The number of amides is 13. The molecule has 0 heterocycles. The van der Waals surface area contributed by atoms with Crippen molar-refractivity contribution < 1.29 is 102 Å². The maximum absolute atomic E-state index is 14.4. The summed E-state index contributed by atoms with van der Waals surface area (Å²) in [5.41, 5.74) is 11.9. The van der Waals surface area contributed by atoms with Crippen LogP contribution >= 0.6 is 11.8 Å². The van der Waals surface area contributed by atoms with Gasteiger partial charge in [0.15, 0.2) is 0 Å². The Morgan fingerprint density at radius 3 is 1.27 bits per heavy atom. The summed E-state index contributed by atoms with van der Waals surface area (Å²) in [5, 5.41) is 79.3. The van der Waals surface area contributed by atoms with E-state index in [1.807, 2.05) is 0 Å². The van der Waals surface area contributed by atoms with E-state index in [-0.39, 0.29) is 43.1 Å². The molecule has 36 heteroatoms. The highest BCUT2D eigenvalue weighted by Crippen LogP contribution is 2.16. The second kappa shape index (κ2) is 43.6. The van der Waals surface area contributed by atoms with Crippen molar-refractivity contribution in [1.82, 2.24) is 63.8 Å². The van der Waals surface area contributed by atoms with Crippen LogP contribution in [0.5, 0.6) is 5.75 Å². The molecule has 2 rings (SSSR count). The van der Waals surface area contributed by atoms with Crippen molar-refractivity contribution in [3.8, 4) is 5.75 Å². The predicted molar refractivity (Wildman–Crippen MR) is 369 cm³/mol. The van der Waals surface area contributed by atoms with Gasteiger partial charge in [-0.15, -0.1) is 0 Å². The van der Waals surface area contributed by atoms with E-state index in [9.17, 15) is 102 Å². The van der Waals surface area contributed by atoms with Crippen molar-refractivity contribution in [1.29, 1.82) is 0 Å². The Morgan fingerprint density at radius 1 is 0.441 bits per heavy atom. The number of primary amides is 1. The maximum atomic E-state index is 14.4. The van der Waals surface area contributed by atoms with Crippen molar-refractivity contribution in [2.75, 3.05) is 12.0 Å². The number of nitrogens with one attached hydrogen (secondary N) is 12. The predicted octanol–water partition coefficient (Wildman–Crippen LogP) is -3.44. The van der Waals surface area contributed by atoms with Gasteiger partial charge < -0.3 is 101 Å². The smallest absolute Gasteiger partial charge is 0.326 e. The van der Waals surface area contributed by atoms with Gasteiger partial charge in [0.2, 0.25) is 76.8 Å². The molecule has 0 saturated heterocycles. The van der Waals surface area contributed by atoms with Gasteiger partial charge in [0.05, 0.1) is 25.0 Å². The Kier molecular flexibility index (Phi) is 37.7. The van der Waals surface area contributed by atoms with Crippen molar-refractivity contribution in [2.24, 2.45) is 29.2 Å². The third-order valence-electron chi connectivity index (χ3n) is 15.8. The van der Waals surface area contributed by atoms with Crippen molar-refractivity contribution in [3.05, 3.63) is 65.7 Å². The largest absolute Gasteiger partial charge is 0.508 e. The zero-order chi connectivity index (χ0) is 77.4. The number of aliphatic hydroxyl groups is 1. The van der Waals surface area contributed by atoms with Gasteiger partial charge in [-0.3, -0.25) is 71.9 Å². The lowest BCUT2D eigenvalue weighted by molar-refractivity contribution is -0.144. The van der Waals surface area contributed by atoms with E-state index in [1.165, 1.54) is 70.6 Å². The molecule has 0 aliphatic carbocycles. The van der Waals surface area contributed by atoms with Gasteiger partial charge in [0.25, 0.3) is 0 Å². The number of hydrogen-bond donors (Lipinski definition) is 19. The molecular formula is C66H100N14O21S. The minimum atomic E-state index is -2.13. The molecule has 0 aromatic heterocycles. The number of carbonyl (C=O) groups is 16. The Bertz CT molecular complexity index is 3250. The van der Waals surface area contributed by atoms with Crippen molar-refractivity contribution in [2.45, 2.75) is 212 Å². The fraction of sp³-hybridized carbons (Fsp3) is 0.576. The fourth-order valence-electron chi connectivity index (χ4n) is 9.77. The van der Waals surface area contributed by atoms with Crippen LogP contribution in [-0.2, 0) is 89.6 Å². The molecule has 0 unspecified atom stereocenters. The summed E-state index contributed by atoms with van der Waals surface area (Å²) in [7, 11) is 0. The number of carbonyl (C=O) groups excluding carboxylic acids is 13. The molecule has 102 heavy (non-hydrogen) atoms. The minimum Gasteiger partial charge on any atom is -0.508 e. The molecule has 13 amide bonds. The van der Waals surface area contributed by atoms with Crippen LogP contribution < -0.4 is 75.3 Å². The fourth-order valence-corrected chi connectivity index (χ4v) is 10.2. The highest BCUT2D eigenvalue weighted by Gasteiger charge is 2.39. The molecule has 0 radical (unpaired) electrons. The zero-order valence-corrected chi connectivity index (χ0v) is 59.7. The Labute approximate surface area is 594 Å². The monoisotopic (exact) mass is 1460 g/mol. The third kappa shape index (κ3) is 31.3. The van der Waals surface area contributed by atoms with E-state index in [1.54, 1.807) is 64.3 Å². The van der Waals surface area contributed by atoms with Crippen molar-refractivity contribution in [3.63, 3.8) is 0 Å². The molecule has 0 bridgehead atoms. The number of benzene rings is 2. The first kappa shape index (κ1) is 88.1. The van der Waals surface area contributed by atoms with Crippen molar-refractivity contribution >= 4 is 106 Å². The number of rotatable bonds is 45. The average molecular weight is 1460 g/mol. The molecule has 21 N–H and O–H groups in total. The lowest BCUT2D eigenvalue weighted by Gasteiger charge is -2.30. The number of nitrogens with two attached hydrogens (primary N) is 2. The number of carboxylic acids is 3. The summed E-state index contributed by atoms with van der Waals surface area (Å²) >= 11 is 1.17. The summed E-state index contributed by atoms with van der Waals surface area (Å²) in [6.45, 7) is 15.0. The van der Waals surface area contributed by atoms with Gasteiger partial charge in [-0.25, -0.2) is 4.79 Å². The first-order valence-corrected chi connectivity index (χ1v) is 34.4. The lowest BCUT2D eigenvalue weighted by Crippen LogP contribution is -2.63. The number of aromatic hydroxyl groups is 1. The molecule has 566 valence electrons. The number of phenols is 1. The number of aliphatic hydroxyl groups excluding tert-OH is 1. The lowest BCUT2D eigenvalue weighted by atomic mass is 9.96. The molecule has 0 aliphatic rings. The maximum Gasteiger partial charge on any atom is 0.326 e. The van der Waals surface area contributed by atoms with E-state index in [0.29, 0.717) is 17.5 Å². The molecule has 0 saturated carbocycles. The SMILES string of the molecule is CC[C@H](C)[C@H](NC(=O)[C@H](C)NC(=O)[C@H](C)NC(=O)[C@H](C)N)C(=O)N[C@@H](Cc1ccccc1)C(=O)N[C@H](C(=O)N[C@H](C(=O)N[C@@H](CCC(N)=O)C(=O)N[C@@H](CCSC)C(=O)N[C@@H](CC(=O)O)C(=O)N[C@@H](CC(=O)O)C(=O)N[C@@H](Cc1ccc(O)cc1)C(=O)N[C@@H](CC(C)C)C(=O)O)C(C)C)[C@@H](C)O. The van der Waals surface area contributed by atoms with E-state index >= 15 is 0 Å².